The largest absolute Gasteiger partial charge is 0.378 e. The van der Waals surface area contributed by atoms with Crippen molar-refractivity contribution in [3.63, 3.8) is 0 Å². The van der Waals surface area contributed by atoms with Crippen LogP contribution in [0.5, 0.6) is 0 Å². The van der Waals surface area contributed by atoms with Gasteiger partial charge in [-0.1, -0.05) is 26.2 Å². The van der Waals surface area contributed by atoms with E-state index in [4.69, 9.17) is 14.2 Å². The van der Waals surface area contributed by atoms with E-state index in [9.17, 15) is 8.78 Å². The summed E-state index contributed by atoms with van der Waals surface area (Å²) in [6, 6.07) is 0. The van der Waals surface area contributed by atoms with E-state index < -0.39 is 6.08 Å². The molecule has 1 heterocycles. The third-order valence-electron chi connectivity index (χ3n) is 10.2. The number of hydrogen-bond acceptors (Lipinski definition) is 3. The van der Waals surface area contributed by atoms with Crippen molar-refractivity contribution >= 4 is 0 Å². The molecule has 0 spiro atoms. The van der Waals surface area contributed by atoms with Gasteiger partial charge in [0.2, 0.25) is 0 Å². The van der Waals surface area contributed by atoms with E-state index in [0.29, 0.717) is 12.0 Å². The lowest BCUT2D eigenvalue weighted by Crippen LogP contribution is -2.32. The second-order valence-electron chi connectivity index (χ2n) is 12.8. The molecule has 4 aliphatic rings. The molecule has 214 valence electrons. The van der Waals surface area contributed by atoms with Crippen LogP contribution in [0.1, 0.15) is 122 Å². The van der Waals surface area contributed by atoms with Gasteiger partial charge in [-0.25, -0.2) is 0 Å². The van der Waals surface area contributed by atoms with E-state index in [1.807, 2.05) is 0 Å². The molecule has 0 radical (unpaired) electrons. The Hall–Kier alpha value is -0.520. The fourth-order valence-electron chi connectivity index (χ4n) is 7.88. The lowest BCUT2D eigenvalue weighted by atomic mass is 9.65. The van der Waals surface area contributed by atoms with Crippen molar-refractivity contribution in [2.45, 2.75) is 135 Å². The van der Waals surface area contributed by atoms with Gasteiger partial charge < -0.3 is 14.2 Å². The number of halogens is 2. The van der Waals surface area contributed by atoms with Crippen molar-refractivity contribution in [3.8, 4) is 0 Å². The summed E-state index contributed by atoms with van der Waals surface area (Å²) in [6.07, 6.45) is 22.1. The molecule has 5 heteroatoms. The molecule has 0 bridgehead atoms. The predicted octanol–water partition coefficient (Wildman–Crippen LogP) is 9.30. The van der Waals surface area contributed by atoms with Crippen LogP contribution in [0.15, 0.2) is 12.2 Å². The number of rotatable bonds is 12. The molecule has 0 unspecified atom stereocenters. The van der Waals surface area contributed by atoms with Crippen molar-refractivity contribution < 1.29 is 23.0 Å². The van der Waals surface area contributed by atoms with Crippen molar-refractivity contribution in [2.24, 2.45) is 35.5 Å². The molecule has 4 rings (SSSR count). The van der Waals surface area contributed by atoms with Crippen LogP contribution in [0.3, 0.4) is 0 Å². The van der Waals surface area contributed by atoms with Crippen LogP contribution >= 0.6 is 0 Å². The van der Waals surface area contributed by atoms with Gasteiger partial charge >= 0.3 is 0 Å². The summed E-state index contributed by atoms with van der Waals surface area (Å²) >= 11 is 0. The maximum Gasteiger partial charge on any atom is 0.266 e. The van der Waals surface area contributed by atoms with E-state index in [2.05, 4.69) is 6.92 Å². The predicted molar refractivity (Wildman–Crippen MR) is 145 cm³/mol. The number of unbranched alkanes of at least 4 members (excludes halogenated alkanes) is 2. The number of hydrogen-bond donors (Lipinski definition) is 0. The molecule has 3 saturated carbocycles. The summed E-state index contributed by atoms with van der Waals surface area (Å²) in [7, 11) is 0. The Morgan fingerprint density at radius 2 is 1.24 bits per heavy atom. The van der Waals surface area contributed by atoms with Gasteiger partial charge in [0, 0.05) is 18.9 Å². The first kappa shape index (κ1) is 29.5. The molecule has 0 aromatic rings. The average molecular weight is 525 g/mol. The van der Waals surface area contributed by atoms with Crippen LogP contribution in [0.25, 0.3) is 0 Å². The van der Waals surface area contributed by atoms with E-state index in [1.165, 1.54) is 83.1 Å². The molecule has 3 nitrogen and oxygen atoms in total. The first-order chi connectivity index (χ1) is 18.1. The Labute approximate surface area is 225 Å². The molecule has 1 aliphatic heterocycles. The van der Waals surface area contributed by atoms with Crippen LogP contribution in [0, 0.1) is 35.5 Å². The van der Waals surface area contributed by atoms with Gasteiger partial charge in [-0.2, -0.15) is 8.78 Å². The van der Waals surface area contributed by atoms with Gasteiger partial charge in [0.1, 0.15) is 0 Å². The Kier molecular flexibility index (Phi) is 12.7. The number of ether oxygens (including phenoxy) is 3. The number of allylic oxidation sites excluding steroid dienone is 1. The van der Waals surface area contributed by atoms with Crippen molar-refractivity contribution in [3.05, 3.63) is 12.2 Å². The molecule has 0 N–H and O–H groups in total. The fourth-order valence-corrected chi connectivity index (χ4v) is 7.88. The van der Waals surface area contributed by atoms with E-state index in [0.717, 1.165) is 82.0 Å². The molecular formula is C32H54F2O3. The zero-order chi connectivity index (χ0) is 25.9. The van der Waals surface area contributed by atoms with Gasteiger partial charge in [-0.15, -0.1) is 0 Å². The lowest BCUT2D eigenvalue weighted by Gasteiger charge is -2.41. The van der Waals surface area contributed by atoms with Crippen LogP contribution in [0.4, 0.5) is 8.78 Å². The summed E-state index contributed by atoms with van der Waals surface area (Å²) in [5.74, 6) is 4.14. The average Bonchev–Trinajstić information content (AvgIpc) is 2.93. The fraction of sp³-hybridized carbons (Fsp3) is 0.938. The van der Waals surface area contributed by atoms with Crippen LogP contribution in [-0.4, -0.2) is 32.2 Å². The van der Waals surface area contributed by atoms with Gasteiger partial charge in [0.25, 0.3) is 6.08 Å². The molecule has 37 heavy (non-hydrogen) atoms. The minimum atomic E-state index is -1.49. The third-order valence-corrected chi connectivity index (χ3v) is 10.2. The second kappa shape index (κ2) is 15.9. The summed E-state index contributed by atoms with van der Waals surface area (Å²) in [6.45, 7) is 4.81. The molecule has 0 aromatic carbocycles. The molecule has 0 atom stereocenters. The highest BCUT2D eigenvalue weighted by atomic mass is 19.3. The van der Waals surface area contributed by atoms with Gasteiger partial charge in [0.15, 0.2) is 6.29 Å². The molecule has 1 saturated heterocycles. The van der Waals surface area contributed by atoms with Gasteiger partial charge in [-0.3, -0.25) is 0 Å². The van der Waals surface area contributed by atoms with Crippen LogP contribution < -0.4 is 0 Å². The smallest absolute Gasteiger partial charge is 0.266 e. The van der Waals surface area contributed by atoms with Gasteiger partial charge in [0.05, 0.1) is 19.3 Å². The summed E-state index contributed by atoms with van der Waals surface area (Å²) in [4.78, 5) is 0. The molecular weight excluding hydrogens is 470 g/mol. The second-order valence-corrected chi connectivity index (χ2v) is 12.8. The van der Waals surface area contributed by atoms with Crippen LogP contribution in [-0.2, 0) is 14.2 Å². The Bertz CT molecular complexity index is 634. The highest BCUT2D eigenvalue weighted by Gasteiger charge is 2.34. The molecule has 0 aromatic heterocycles. The minimum absolute atomic E-state index is 0.0260. The quantitative estimate of drug-likeness (QED) is 0.238. The standard InChI is InChI=1S/C32H54F2O3/c1-2-3-4-6-25-22-36-32(37-23-25)7-5-20-35-30-18-16-29(17-19-30)28-14-12-27(13-15-28)26-10-8-24(9-11-26)21-31(33)34/h21,24-30,32H,2-20,22-23H2,1H3. The van der Waals surface area contributed by atoms with Gasteiger partial charge in [-0.05, 0) is 126 Å². The summed E-state index contributed by atoms with van der Waals surface area (Å²) in [5, 5.41) is 0. The van der Waals surface area contributed by atoms with Crippen molar-refractivity contribution in [1.82, 2.24) is 0 Å². The normalized spacial score (nSPS) is 37.3. The Morgan fingerprint density at radius 3 is 1.78 bits per heavy atom. The molecule has 4 fully saturated rings. The van der Waals surface area contributed by atoms with Crippen molar-refractivity contribution in [1.29, 1.82) is 0 Å². The van der Waals surface area contributed by atoms with Crippen molar-refractivity contribution in [2.75, 3.05) is 19.8 Å². The minimum Gasteiger partial charge on any atom is -0.378 e. The third kappa shape index (κ3) is 9.87. The highest BCUT2D eigenvalue weighted by Crippen LogP contribution is 2.45. The summed E-state index contributed by atoms with van der Waals surface area (Å²) in [5.41, 5.74) is 0. The van der Waals surface area contributed by atoms with Crippen LogP contribution in [0.2, 0.25) is 0 Å². The first-order valence-corrected chi connectivity index (χ1v) is 16.0. The van der Waals surface area contributed by atoms with E-state index in [1.54, 1.807) is 0 Å². The monoisotopic (exact) mass is 524 g/mol. The van der Waals surface area contributed by atoms with E-state index in [-0.39, 0.29) is 12.2 Å². The topological polar surface area (TPSA) is 27.7 Å². The lowest BCUT2D eigenvalue weighted by molar-refractivity contribution is -0.205. The first-order valence-electron chi connectivity index (χ1n) is 16.0. The highest BCUT2D eigenvalue weighted by molar-refractivity contribution is 4.92. The SMILES string of the molecule is CCCCCC1COC(CCCOC2CCC(C3CCC(C4CCC(C=C(F)F)CC4)CC3)CC2)OC1. The maximum atomic E-state index is 12.6. The zero-order valence-corrected chi connectivity index (χ0v) is 23.5. The Morgan fingerprint density at radius 1 is 0.703 bits per heavy atom. The maximum absolute atomic E-state index is 12.6. The Balaban J connectivity index is 1.02. The zero-order valence-electron chi connectivity index (χ0n) is 23.5. The summed E-state index contributed by atoms with van der Waals surface area (Å²) < 4.78 is 43.3. The molecule has 0 amide bonds. The molecule has 3 aliphatic carbocycles. The van der Waals surface area contributed by atoms with E-state index >= 15 is 0 Å².